The molecule has 0 saturated heterocycles. The molecule has 0 aromatic heterocycles. The molecular weight excluding hydrogens is 236 g/mol. The second kappa shape index (κ2) is 6.40. The summed E-state index contributed by atoms with van der Waals surface area (Å²) >= 11 is 0. The Hall–Kier alpha value is -1.06. The van der Waals surface area contributed by atoms with Crippen molar-refractivity contribution in [1.29, 1.82) is 0 Å². The lowest BCUT2D eigenvalue weighted by Crippen LogP contribution is -2.30. The molecule has 3 heteroatoms. The molecule has 0 bridgehead atoms. The van der Waals surface area contributed by atoms with Gasteiger partial charge in [0.05, 0.1) is 6.61 Å². The van der Waals surface area contributed by atoms with Gasteiger partial charge in [0, 0.05) is 25.2 Å². The minimum Gasteiger partial charge on any atom is -0.494 e. The van der Waals surface area contributed by atoms with E-state index >= 15 is 0 Å². The van der Waals surface area contributed by atoms with E-state index in [1.165, 1.54) is 23.2 Å². The molecule has 1 heterocycles. The number of hydrogen-bond acceptors (Lipinski definition) is 3. The van der Waals surface area contributed by atoms with Crippen molar-refractivity contribution in [2.75, 3.05) is 33.8 Å². The van der Waals surface area contributed by atoms with Gasteiger partial charge in [0.1, 0.15) is 5.75 Å². The van der Waals surface area contributed by atoms with Gasteiger partial charge in [-0.05, 0) is 51.2 Å². The Morgan fingerprint density at radius 1 is 1.21 bits per heavy atom. The van der Waals surface area contributed by atoms with E-state index in [0.717, 1.165) is 38.4 Å². The monoisotopic (exact) mass is 262 g/mol. The summed E-state index contributed by atoms with van der Waals surface area (Å²) in [6.07, 6.45) is 1.16. The first-order chi connectivity index (χ1) is 9.13. The molecule has 0 unspecified atom stereocenters. The van der Waals surface area contributed by atoms with E-state index < -0.39 is 0 Å². The molecule has 2 rings (SSSR count). The van der Waals surface area contributed by atoms with Crippen molar-refractivity contribution >= 4 is 0 Å². The summed E-state index contributed by atoms with van der Waals surface area (Å²) < 4.78 is 5.83. The highest BCUT2D eigenvalue weighted by Gasteiger charge is 2.18. The van der Waals surface area contributed by atoms with Gasteiger partial charge >= 0.3 is 0 Å². The first kappa shape index (κ1) is 14.4. The molecule has 0 N–H and O–H groups in total. The highest BCUT2D eigenvalue weighted by atomic mass is 16.5. The topological polar surface area (TPSA) is 15.7 Å². The Kier molecular flexibility index (Phi) is 4.83. The van der Waals surface area contributed by atoms with Gasteiger partial charge in [-0.25, -0.2) is 0 Å². The number of fused-ring (bicyclic) bond motifs is 1. The van der Waals surface area contributed by atoms with Gasteiger partial charge in [-0.2, -0.15) is 0 Å². The van der Waals surface area contributed by atoms with Crippen LogP contribution in [0.25, 0.3) is 0 Å². The summed E-state index contributed by atoms with van der Waals surface area (Å²) in [6.45, 7) is 9.33. The van der Waals surface area contributed by atoms with Gasteiger partial charge in [-0.3, -0.25) is 4.90 Å². The van der Waals surface area contributed by atoms with Crippen LogP contribution in [-0.2, 0) is 19.5 Å². The molecule has 0 radical (unpaired) electrons. The maximum absolute atomic E-state index is 5.83. The fourth-order valence-electron chi connectivity index (χ4n) is 2.72. The van der Waals surface area contributed by atoms with E-state index in [1.807, 2.05) is 0 Å². The van der Waals surface area contributed by atoms with Crippen molar-refractivity contribution in [1.82, 2.24) is 9.80 Å². The van der Waals surface area contributed by atoms with Crippen molar-refractivity contribution in [3.8, 4) is 5.75 Å². The van der Waals surface area contributed by atoms with Crippen molar-refractivity contribution in [2.24, 2.45) is 0 Å². The van der Waals surface area contributed by atoms with Gasteiger partial charge in [0.15, 0.2) is 0 Å². The molecule has 1 aromatic carbocycles. The zero-order chi connectivity index (χ0) is 13.8. The van der Waals surface area contributed by atoms with Crippen molar-refractivity contribution < 1.29 is 4.74 Å². The Morgan fingerprint density at radius 2 is 2.00 bits per heavy atom. The largest absolute Gasteiger partial charge is 0.494 e. The normalized spacial score (nSPS) is 15.6. The average Bonchev–Trinajstić information content (AvgIpc) is 2.38. The Morgan fingerprint density at radius 3 is 2.63 bits per heavy atom. The highest BCUT2D eigenvalue weighted by molar-refractivity contribution is 5.44. The lowest BCUT2D eigenvalue weighted by Gasteiger charge is -2.29. The smallest absolute Gasteiger partial charge is 0.124 e. The minimum atomic E-state index is 0.733. The Balaban J connectivity index is 2.30. The van der Waals surface area contributed by atoms with E-state index in [-0.39, 0.29) is 0 Å². The summed E-state index contributed by atoms with van der Waals surface area (Å²) in [6, 6.07) is 4.62. The second-order valence-corrected chi connectivity index (χ2v) is 5.52. The number of hydrogen-bond donors (Lipinski definition) is 0. The lowest BCUT2D eigenvalue weighted by atomic mass is 9.96. The molecule has 3 nitrogen and oxygen atoms in total. The molecule has 0 atom stereocenters. The maximum Gasteiger partial charge on any atom is 0.124 e. The summed E-state index contributed by atoms with van der Waals surface area (Å²) in [5, 5.41) is 0. The average molecular weight is 262 g/mol. The van der Waals surface area contributed by atoms with Crippen LogP contribution in [0, 0.1) is 0 Å². The van der Waals surface area contributed by atoms with Crippen LogP contribution in [0.1, 0.15) is 30.5 Å². The number of likely N-dealkylation sites (N-methyl/N-ethyl adjacent to an activating group) is 1. The van der Waals surface area contributed by atoms with Crippen LogP contribution < -0.4 is 4.74 Å². The van der Waals surface area contributed by atoms with E-state index in [2.05, 4.69) is 49.9 Å². The third kappa shape index (κ3) is 3.48. The molecule has 1 aromatic rings. The number of ether oxygens (including phenoxy) is 1. The third-order valence-electron chi connectivity index (χ3n) is 3.71. The van der Waals surface area contributed by atoms with Crippen LogP contribution in [-0.4, -0.2) is 43.6 Å². The van der Waals surface area contributed by atoms with Gasteiger partial charge in [0.25, 0.3) is 0 Å². The second-order valence-electron chi connectivity index (χ2n) is 5.52. The van der Waals surface area contributed by atoms with Crippen molar-refractivity contribution in [2.45, 2.75) is 33.4 Å². The lowest BCUT2D eigenvalue weighted by molar-refractivity contribution is 0.265. The minimum absolute atomic E-state index is 0.733. The summed E-state index contributed by atoms with van der Waals surface area (Å²) in [4.78, 5) is 4.69. The van der Waals surface area contributed by atoms with E-state index in [4.69, 9.17) is 4.74 Å². The van der Waals surface area contributed by atoms with Crippen LogP contribution >= 0.6 is 0 Å². The van der Waals surface area contributed by atoms with Crippen LogP contribution in [0.2, 0.25) is 0 Å². The van der Waals surface area contributed by atoms with Crippen LogP contribution in [0.3, 0.4) is 0 Å². The molecule has 19 heavy (non-hydrogen) atoms. The molecular formula is C16H26N2O. The first-order valence-electron chi connectivity index (χ1n) is 7.28. The SMILES string of the molecule is CCOc1cc2c(cc1CN(C)C)CCN(CC)C2. The predicted molar refractivity (Wildman–Crippen MR) is 79.7 cm³/mol. The molecule has 1 aliphatic rings. The zero-order valence-corrected chi connectivity index (χ0v) is 12.7. The van der Waals surface area contributed by atoms with Crippen LogP contribution in [0.4, 0.5) is 0 Å². The fourth-order valence-corrected chi connectivity index (χ4v) is 2.72. The molecule has 106 valence electrons. The maximum atomic E-state index is 5.83. The molecule has 0 saturated carbocycles. The molecule has 0 amide bonds. The highest BCUT2D eigenvalue weighted by Crippen LogP contribution is 2.28. The van der Waals surface area contributed by atoms with Crippen molar-refractivity contribution in [3.63, 3.8) is 0 Å². The third-order valence-corrected chi connectivity index (χ3v) is 3.71. The summed E-state index contributed by atoms with van der Waals surface area (Å²) in [5.41, 5.74) is 4.26. The van der Waals surface area contributed by atoms with Gasteiger partial charge in [-0.1, -0.05) is 13.0 Å². The van der Waals surface area contributed by atoms with E-state index in [1.54, 1.807) is 0 Å². The number of nitrogens with zero attached hydrogens (tertiary/aromatic N) is 2. The molecule has 0 aliphatic carbocycles. The Bertz CT molecular complexity index is 429. The predicted octanol–water partition coefficient (Wildman–Crippen LogP) is 2.52. The van der Waals surface area contributed by atoms with Crippen LogP contribution in [0.15, 0.2) is 12.1 Å². The van der Waals surface area contributed by atoms with Gasteiger partial charge in [0.2, 0.25) is 0 Å². The standard InChI is InChI=1S/C16H26N2O/c1-5-18-8-7-13-9-15(11-17(3)4)16(19-6-2)10-14(13)12-18/h9-10H,5-8,11-12H2,1-4H3. The van der Waals surface area contributed by atoms with E-state index in [0.29, 0.717) is 0 Å². The van der Waals surface area contributed by atoms with Gasteiger partial charge in [-0.15, -0.1) is 0 Å². The fraction of sp³-hybridized carbons (Fsp3) is 0.625. The summed E-state index contributed by atoms with van der Waals surface area (Å²) in [7, 11) is 4.21. The Labute approximate surface area is 117 Å². The first-order valence-corrected chi connectivity index (χ1v) is 7.28. The van der Waals surface area contributed by atoms with Crippen LogP contribution in [0.5, 0.6) is 5.75 Å². The quantitative estimate of drug-likeness (QED) is 0.811. The zero-order valence-electron chi connectivity index (χ0n) is 12.7. The molecule has 0 fully saturated rings. The van der Waals surface area contributed by atoms with Crippen molar-refractivity contribution in [3.05, 3.63) is 28.8 Å². The number of benzene rings is 1. The van der Waals surface area contributed by atoms with Gasteiger partial charge < -0.3 is 9.64 Å². The molecule has 1 aliphatic heterocycles. The van der Waals surface area contributed by atoms with E-state index in [9.17, 15) is 0 Å². The number of rotatable bonds is 5. The molecule has 0 spiro atoms. The summed E-state index contributed by atoms with van der Waals surface area (Å²) in [5.74, 6) is 1.06.